The third-order valence-corrected chi connectivity index (χ3v) is 7.01. The molecule has 0 radical (unpaired) electrons. The molecule has 186 valence electrons. The summed E-state index contributed by atoms with van der Waals surface area (Å²) in [7, 11) is 0. The van der Waals surface area contributed by atoms with Crippen LogP contribution in [0.25, 0.3) is 0 Å². The van der Waals surface area contributed by atoms with Gasteiger partial charge in [-0.2, -0.15) is 0 Å². The van der Waals surface area contributed by atoms with Crippen molar-refractivity contribution in [3.05, 3.63) is 58.9 Å². The summed E-state index contributed by atoms with van der Waals surface area (Å²) in [6, 6.07) is 12.2. The fourth-order valence-electron chi connectivity index (χ4n) is 4.80. The second-order valence-electron chi connectivity index (χ2n) is 10.5. The van der Waals surface area contributed by atoms with Crippen LogP contribution in [0.1, 0.15) is 77.5 Å². The normalized spacial score (nSPS) is 14.7. The number of rotatable bonds is 9. The standard InChI is InChI=1S/C28H40ClN3O2/c1-5-17-31(27(34)28(2,3)4)21-26(33)32(23-13-7-6-8-14-23)20-24-15-11-18-30(24)19-22-12-9-10-16-25(22)29/h9-12,15-16,18,23H,5-8,13-14,17,19-21H2,1-4H3. The van der Waals surface area contributed by atoms with E-state index in [2.05, 4.69) is 16.8 Å². The van der Waals surface area contributed by atoms with Gasteiger partial charge in [-0.25, -0.2) is 0 Å². The average Bonchev–Trinajstić information content (AvgIpc) is 3.24. The zero-order chi connectivity index (χ0) is 24.7. The van der Waals surface area contributed by atoms with Gasteiger partial charge in [0.1, 0.15) is 0 Å². The van der Waals surface area contributed by atoms with Crippen LogP contribution in [-0.2, 0) is 22.7 Å². The molecule has 2 aromatic rings. The first kappa shape index (κ1) is 26.3. The molecule has 2 amide bonds. The Morgan fingerprint density at radius 2 is 1.76 bits per heavy atom. The molecule has 1 aromatic heterocycles. The lowest BCUT2D eigenvalue weighted by Gasteiger charge is -2.37. The van der Waals surface area contributed by atoms with Crippen LogP contribution in [-0.4, -0.2) is 45.3 Å². The number of hydrogen-bond acceptors (Lipinski definition) is 2. The molecule has 1 aromatic carbocycles. The van der Waals surface area contributed by atoms with Gasteiger partial charge in [-0.15, -0.1) is 0 Å². The van der Waals surface area contributed by atoms with Crippen molar-refractivity contribution < 1.29 is 9.59 Å². The molecule has 0 unspecified atom stereocenters. The van der Waals surface area contributed by atoms with E-state index in [1.165, 1.54) is 6.42 Å². The molecule has 0 N–H and O–H groups in total. The van der Waals surface area contributed by atoms with Crippen molar-refractivity contribution in [1.29, 1.82) is 0 Å². The molecule has 3 rings (SSSR count). The fourth-order valence-corrected chi connectivity index (χ4v) is 4.99. The van der Waals surface area contributed by atoms with Crippen LogP contribution in [0, 0.1) is 5.41 Å². The van der Waals surface area contributed by atoms with Crippen molar-refractivity contribution in [2.75, 3.05) is 13.1 Å². The van der Waals surface area contributed by atoms with Crippen molar-refractivity contribution in [1.82, 2.24) is 14.4 Å². The Hall–Kier alpha value is -2.27. The lowest BCUT2D eigenvalue weighted by molar-refractivity contribution is -0.147. The van der Waals surface area contributed by atoms with Crippen LogP contribution in [0.15, 0.2) is 42.6 Å². The van der Waals surface area contributed by atoms with Gasteiger partial charge >= 0.3 is 0 Å². The lowest BCUT2D eigenvalue weighted by Crippen LogP contribution is -2.49. The first-order chi connectivity index (χ1) is 16.2. The van der Waals surface area contributed by atoms with Gasteiger partial charge in [-0.1, -0.05) is 76.8 Å². The van der Waals surface area contributed by atoms with Crippen molar-refractivity contribution >= 4 is 23.4 Å². The number of benzene rings is 1. The topological polar surface area (TPSA) is 45.6 Å². The minimum absolute atomic E-state index is 0.0355. The number of carbonyl (C=O) groups is 2. The highest BCUT2D eigenvalue weighted by atomic mass is 35.5. The van der Waals surface area contributed by atoms with E-state index in [1.54, 1.807) is 4.90 Å². The molecule has 1 saturated carbocycles. The summed E-state index contributed by atoms with van der Waals surface area (Å²) in [5, 5.41) is 0.748. The zero-order valence-corrected chi connectivity index (χ0v) is 22.0. The second-order valence-corrected chi connectivity index (χ2v) is 10.9. The number of nitrogens with zero attached hydrogens (tertiary/aromatic N) is 3. The van der Waals surface area contributed by atoms with E-state index in [-0.39, 0.29) is 24.4 Å². The van der Waals surface area contributed by atoms with Crippen molar-refractivity contribution in [3.8, 4) is 0 Å². The number of carbonyl (C=O) groups excluding carboxylic acids is 2. The molecule has 0 saturated heterocycles. The van der Waals surface area contributed by atoms with Gasteiger partial charge in [0.05, 0.1) is 13.1 Å². The Kier molecular flexibility index (Phi) is 9.24. The summed E-state index contributed by atoms with van der Waals surface area (Å²) in [5.41, 5.74) is 1.64. The van der Waals surface area contributed by atoms with E-state index in [1.807, 2.05) is 62.9 Å². The Morgan fingerprint density at radius 3 is 2.41 bits per heavy atom. The first-order valence-electron chi connectivity index (χ1n) is 12.7. The molecule has 1 aliphatic rings. The molecule has 0 atom stereocenters. The molecule has 0 spiro atoms. The lowest BCUT2D eigenvalue weighted by atomic mass is 9.93. The Labute approximate surface area is 210 Å². The van der Waals surface area contributed by atoms with Gasteiger partial charge in [-0.05, 0) is 43.0 Å². The van der Waals surface area contributed by atoms with Crippen LogP contribution in [0.5, 0.6) is 0 Å². The van der Waals surface area contributed by atoms with E-state index in [0.717, 1.165) is 48.4 Å². The molecule has 1 heterocycles. The number of amides is 2. The molecule has 6 heteroatoms. The smallest absolute Gasteiger partial charge is 0.242 e. The molecular formula is C28H40ClN3O2. The first-order valence-corrected chi connectivity index (χ1v) is 13.0. The summed E-state index contributed by atoms with van der Waals surface area (Å²) < 4.78 is 2.18. The van der Waals surface area contributed by atoms with Crippen molar-refractivity contribution in [3.63, 3.8) is 0 Å². The predicted octanol–water partition coefficient (Wildman–Crippen LogP) is 6.14. The quantitative estimate of drug-likeness (QED) is 0.428. The number of halogens is 1. The van der Waals surface area contributed by atoms with Crippen molar-refractivity contribution in [2.45, 2.75) is 85.4 Å². The zero-order valence-electron chi connectivity index (χ0n) is 21.2. The maximum Gasteiger partial charge on any atom is 0.242 e. The third kappa shape index (κ3) is 6.88. The van der Waals surface area contributed by atoms with Gasteiger partial charge in [0.2, 0.25) is 11.8 Å². The Balaban J connectivity index is 1.82. The number of hydrogen-bond donors (Lipinski definition) is 0. The van der Waals surface area contributed by atoms with Crippen LogP contribution in [0.2, 0.25) is 5.02 Å². The summed E-state index contributed by atoms with van der Waals surface area (Å²) >= 11 is 6.41. The third-order valence-electron chi connectivity index (χ3n) is 6.64. The molecule has 1 aliphatic carbocycles. The highest BCUT2D eigenvalue weighted by Crippen LogP contribution is 2.26. The molecule has 5 nitrogen and oxygen atoms in total. The van der Waals surface area contributed by atoms with Crippen molar-refractivity contribution in [2.24, 2.45) is 5.41 Å². The van der Waals surface area contributed by atoms with E-state index in [0.29, 0.717) is 19.6 Å². The van der Waals surface area contributed by atoms with Gasteiger partial charge in [0.25, 0.3) is 0 Å². The predicted molar refractivity (Wildman–Crippen MR) is 139 cm³/mol. The van der Waals surface area contributed by atoms with Crippen LogP contribution >= 0.6 is 11.6 Å². The molecular weight excluding hydrogens is 446 g/mol. The largest absolute Gasteiger partial charge is 0.345 e. The molecule has 1 fully saturated rings. The minimum atomic E-state index is -0.505. The molecule has 0 bridgehead atoms. The fraction of sp³-hybridized carbons (Fsp3) is 0.571. The maximum absolute atomic E-state index is 13.7. The van der Waals surface area contributed by atoms with Crippen LogP contribution in [0.3, 0.4) is 0 Å². The Bertz CT molecular complexity index is 957. The highest BCUT2D eigenvalue weighted by Gasteiger charge is 2.32. The monoisotopic (exact) mass is 485 g/mol. The van der Waals surface area contributed by atoms with Crippen LogP contribution < -0.4 is 0 Å². The summed E-state index contributed by atoms with van der Waals surface area (Å²) in [5.74, 6) is 0.0804. The van der Waals surface area contributed by atoms with E-state index in [4.69, 9.17) is 11.6 Å². The van der Waals surface area contributed by atoms with Gasteiger partial charge < -0.3 is 14.4 Å². The summed E-state index contributed by atoms with van der Waals surface area (Å²) in [4.78, 5) is 30.5. The van der Waals surface area contributed by atoms with E-state index < -0.39 is 5.41 Å². The molecule has 0 aliphatic heterocycles. The number of aromatic nitrogens is 1. The minimum Gasteiger partial charge on any atom is -0.345 e. The maximum atomic E-state index is 13.7. The molecule has 34 heavy (non-hydrogen) atoms. The average molecular weight is 486 g/mol. The SMILES string of the molecule is CCCN(CC(=O)N(Cc1cccn1Cc1ccccc1Cl)C1CCCCC1)C(=O)C(C)(C)C. The Morgan fingerprint density at radius 1 is 1.06 bits per heavy atom. The van der Waals surface area contributed by atoms with Gasteiger partial charge in [0.15, 0.2) is 0 Å². The highest BCUT2D eigenvalue weighted by molar-refractivity contribution is 6.31. The second kappa shape index (κ2) is 11.9. The summed E-state index contributed by atoms with van der Waals surface area (Å²) in [6.45, 7) is 9.77. The van der Waals surface area contributed by atoms with Gasteiger partial charge in [0, 0.05) is 41.5 Å². The van der Waals surface area contributed by atoms with Gasteiger partial charge in [-0.3, -0.25) is 9.59 Å². The van der Waals surface area contributed by atoms with Crippen LogP contribution in [0.4, 0.5) is 0 Å². The van der Waals surface area contributed by atoms with E-state index >= 15 is 0 Å². The van der Waals surface area contributed by atoms with E-state index in [9.17, 15) is 9.59 Å². The summed E-state index contributed by atoms with van der Waals surface area (Å²) in [6.07, 6.45) is 8.46.